The van der Waals surface area contributed by atoms with Gasteiger partial charge >= 0.3 is 0 Å². The van der Waals surface area contributed by atoms with Crippen LogP contribution in [-0.2, 0) is 11.3 Å². The minimum atomic E-state index is 0.0134. The average molecular weight is 292 g/mol. The lowest BCUT2D eigenvalue weighted by atomic mass is 9.99. The summed E-state index contributed by atoms with van der Waals surface area (Å²) in [5.74, 6) is 1.11. The van der Waals surface area contributed by atoms with Crippen molar-refractivity contribution in [1.29, 1.82) is 0 Å². The Morgan fingerprint density at radius 3 is 3.05 bits per heavy atom. The molecule has 0 saturated carbocycles. The molecule has 116 valence electrons. The molecular weight excluding hydrogens is 268 g/mol. The fraction of sp³-hybridized carbons (Fsp3) is 0.562. The molecule has 5 nitrogen and oxygen atoms in total. The van der Waals surface area contributed by atoms with Gasteiger partial charge in [0.2, 0.25) is 5.91 Å². The summed E-state index contributed by atoms with van der Waals surface area (Å²) in [6.45, 7) is 2.81. The van der Waals surface area contributed by atoms with Crippen molar-refractivity contribution in [2.75, 3.05) is 33.4 Å². The van der Waals surface area contributed by atoms with Crippen molar-refractivity contribution in [1.82, 2.24) is 10.2 Å². The summed E-state index contributed by atoms with van der Waals surface area (Å²) in [5.41, 5.74) is 0.972. The number of methoxy groups -OCH3 is 1. The number of likely N-dealkylation sites (tertiary alicyclic amines) is 1. The Kier molecular flexibility index (Phi) is 6.02. The molecule has 1 aliphatic rings. The second kappa shape index (κ2) is 8.00. The fourth-order valence-corrected chi connectivity index (χ4v) is 2.75. The van der Waals surface area contributed by atoms with Crippen LogP contribution >= 0.6 is 0 Å². The van der Waals surface area contributed by atoms with Crippen LogP contribution < -0.4 is 10.1 Å². The summed E-state index contributed by atoms with van der Waals surface area (Å²) in [4.78, 5) is 14.1. The zero-order valence-electron chi connectivity index (χ0n) is 12.5. The number of hydrogen-bond acceptors (Lipinski definition) is 4. The summed E-state index contributed by atoms with van der Waals surface area (Å²) in [7, 11) is 1.63. The van der Waals surface area contributed by atoms with Gasteiger partial charge in [-0.15, -0.1) is 0 Å². The van der Waals surface area contributed by atoms with Crippen LogP contribution in [0.2, 0.25) is 0 Å². The third-order valence-electron chi connectivity index (χ3n) is 3.90. The van der Waals surface area contributed by atoms with Gasteiger partial charge in [0, 0.05) is 25.3 Å². The molecule has 1 aromatic rings. The van der Waals surface area contributed by atoms with Gasteiger partial charge in [-0.2, -0.15) is 0 Å². The topological polar surface area (TPSA) is 61.8 Å². The van der Waals surface area contributed by atoms with E-state index in [-0.39, 0.29) is 12.5 Å². The first-order valence-corrected chi connectivity index (χ1v) is 7.44. The van der Waals surface area contributed by atoms with E-state index in [1.165, 1.54) is 0 Å². The molecule has 0 radical (unpaired) electrons. The van der Waals surface area contributed by atoms with Crippen LogP contribution in [0.15, 0.2) is 24.3 Å². The molecule has 2 rings (SSSR count). The molecule has 1 aliphatic heterocycles. The van der Waals surface area contributed by atoms with Crippen LogP contribution in [-0.4, -0.2) is 49.3 Å². The number of carbonyl (C=O) groups is 1. The summed E-state index contributed by atoms with van der Waals surface area (Å²) < 4.78 is 5.27. The monoisotopic (exact) mass is 292 g/mol. The summed E-state index contributed by atoms with van der Waals surface area (Å²) in [6, 6.07) is 7.67. The lowest BCUT2D eigenvalue weighted by molar-refractivity contribution is -0.122. The smallest absolute Gasteiger partial charge is 0.234 e. The molecule has 2 N–H and O–H groups in total. The third kappa shape index (κ3) is 4.72. The van der Waals surface area contributed by atoms with Gasteiger partial charge in [-0.25, -0.2) is 0 Å². The van der Waals surface area contributed by atoms with E-state index >= 15 is 0 Å². The van der Waals surface area contributed by atoms with E-state index in [4.69, 9.17) is 4.74 Å². The number of piperidine rings is 1. The second-order valence-electron chi connectivity index (χ2n) is 5.51. The first kappa shape index (κ1) is 15.8. The molecular formula is C16H24N2O3. The lowest BCUT2D eigenvalue weighted by Crippen LogP contribution is -2.43. The normalized spacial score (nSPS) is 19.2. The number of nitrogens with one attached hydrogen (secondary N) is 1. The Hall–Kier alpha value is -1.59. The number of nitrogens with zero attached hydrogens (tertiary/aromatic N) is 1. The van der Waals surface area contributed by atoms with Gasteiger partial charge in [-0.3, -0.25) is 9.69 Å². The van der Waals surface area contributed by atoms with Crippen LogP contribution in [0.5, 0.6) is 5.75 Å². The quantitative estimate of drug-likeness (QED) is 0.821. The van der Waals surface area contributed by atoms with Crippen molar-refractivity contribution < 1.29 is 14.6 Å². The molecule has 1 heterocycles. The van der Waals surface area contributed by atoms with Gasteiger partial charge < -0.3 is 15.2 Å². The van der Waals surface area contributed by atoms with Crippen LogP contribution in [0, 0.1) is 5.92 Å². The molecule has 0 aromatic heterocycles. The van der Waals surface area contributed by atoms with E-state index < -0.39 is 0 Å². The number of amides is 1. The van der Waals surface area contributed by atoms with Crippen molar-refractivity contribution in [3.8, 4) is 5.75 Å². The largest absolute Gasteiger partial charge is 0.496 e. The van der Waals surface area contributed by atoms with Gasteiger partial charge in [0.1, 0.15) is 5.75 Å². The number of rotatable bonds is 6. The maximum Gasteiger partial charge on any atom is 0.234 e. The number of ether oxygens (including phenoxy) is 1. The van der Waals surface area contributed by atoms with Crippen molar-refractivity contribution in [3.63, 3.8) is 0 Å². The van der Waals surface area contributed by atoms with Crippen molar-refractivity contribution >= 4 is 5.91 Å². The summed E-state index contributed by atoms with van der Waals surface area (Å²) in [6.07, 6.45) is 2.10. The summed E-state index contributed by atoms with van der Waals surface area (Å²) >= 11 is 0. The Labute approximate surface area is 125 Å². The average Bonchev–Trinajstić information content (AvgIpc) is 2.53. The molecule has 0 aliphatic carbocycles. The van der Waals surface area contributed by atoms with Gasteiger partial charge in [-0.1, -0.05) is 18.2 Å². The lowest BCUT2D eigenvalue weighted by Gasteiger charge is -2.31. The Balaban J connectivity index is 1.79. The molecule has 1 fully saturated rings. The Morgan fingerprint density at radius 1 is 1.48 bits per heavy atom. The van der Waals surface area contributed by atoms with E-state index in [1.807, 2.05) is 24.3 Å². The molecule has 1 amide bonds. The van der Waals surface area contributed by atoms with Crippen LogP contribution in [0.1, 0.15) is 18.4 Å². The molecule has 1 saturated heterocycles. The molecule has 5 heteroatoms. The number of hydrogen-bond donors (Lipinski definition) is 2. The highest BCUT2D eigenvalue weighted by atomic mass is 16.5. The van der Waals surface area contributed by atoms with E-state index in [0.717, 1.165) is 37.2 Å². The highest BCUT2D eigenvalue weighted by Gasteiger charge is 2.20. The first-order chi connectivity index (χ1) is 10.2. The number of benzene rings is 1. The SMILES string of the molecule is COc1ccccc1CNC(=O)CN1CCCC(CO)C1. The highest BCUT2D eigenvalue weighted by Crippen LogP contribution is 2.17. The van der Waals surface area contributed by atoms with E-state index in [9.17, 15) is 9.90 Å². The zero-order valence-corrected chi connectivity index (χ0v) is 12.5. The number of para-hydroxylation sites is 1. The highest BCUT2D eigenvalue weighted by molar-refractivity contribution is 5.78. The van der Waals surface area contributed by atoms with E-state index in [0.29, 0.717) is 19.0 Å². The zero-order chi connectivity index (χ0) is 15.1. The summed E-state index contributed by atoms with van der Waals surface area (Å²) in [5, 5.41) is 12.1. The Bertz CT molecular complexity index is 465. The van der Waals surface area contributed by atoms with Crippen LogP contribution in [0.25, 0.3) is 0 Å². The third-order valence-corrected chi connectivity index (χ3v) is 3.90. The van der Waals surface area contributed by atoms with E-state index in [2.05, 4.69) is 10.2 Å². The maximum atomic E-state index is 12.0. The van der Waals surface area contributed by atoms with Gasteiger partial charge in [0.15, 0.2) is 0 Å². The molecule has 1 atom stereocenters. The number of carbonyl (C=O) groups excluding carboxylic acids is 1. The minimum Gasteiger partial charge on any atom is -0.496 e. The number of aliphatic hydroxyl groups is 1. The van der Waals surface area contributed by atoms with Crippen LogP contribution in [0.4, 0.5) is 0 Å². The standard InChI is InChI=1S/C16H24N2O3/c1-21-15-7-3-2-6-14(15)9-17-16(20)11-18-8-4-5-13(10-18)12-19/h2-3,6-7,13,19H,4-5,8-12H2,1H3,(H,17,20). The van der Waals surface area contributed by atoms with Gasteiger partial charge in [0.05, 0.1) is 13.7 Å². The number of aliphatic hydroxyl groups excluding tert-OH is 1. The maximum absolute atomic E-state index is 12.0. The molecule has 0 bridgehead atoms. The van der Waals surface area contributed by atoms with Crippen LogP contribution in [0.3, 0.4) is 0 Å². The van der Waals surface area contributed by atoms with Crippen molar-refractivity contribution in [3.05, 3.63) is 29.8 Å². The fourth-order valence-electron chi connectivity index (χ4n) is 2.75. The molecule has 1 aromatic carbocycles. The molecule has 1 unspecified atom stereocenters. The minimum absolute atomic E-state index is 0.0134. The predicted octanol–water partition coefficient (Wildman–Crippen LogP) is 1.02. The van der Waals surface area contributed by atoms with Gasteiger partial charge in [0.25, 0.3) is 0 Å². The van der Waals surface area contributed by atoms with Crippen molar-refractivity contribution in [2.45, 2.75) is 19.4 Å². The first-order valence-electron chi connectivity index (χ1n) is 7.44. The Morgan fingerprint density at radius 2 is 2.29 bits per heavy atom. The van der Waals surface area contributed by atoms with Gasteiger partial charge in [-0.05, 0) is 31.4 Å². The predicted molar refractivity (Wildman–Crippen MR) is 81.1 cm³/mol. The second-order valence-corrected chi connectivity index (χ2v) is 5.51. The van der Waals surface area contributed by atoms with Crippen molar-refractivity contribution in [2.24, 2.45) is 5.92 Å². The van der Waals surface area contributed by atoms with E-state index in [1.54, 1.807) is 7.11 Å². The molecule has 0 spiro atoms. The molecule has 21 heavy (non-hydrogen) atoms.